The fourth-order valence-corrected chi connectivity index (χ4v) is 3.97. The number of benzene rings is 1. The van der Waals surface area contributed by atoms with E-state index in [0.29, 0.717) is 16.3 Å². The summed E-state index contributed by atoms with van der Waals surface area (Å²) in [6.45, 7) is 0. The SMILES string of the molecule is Cn1c(=O)c2c(nc(SCc3ccc(-n4cccc4)cc3)n2C)n(C)c1=O. The highest BCUT2D eigenvalue weighted by molar-refractivity contribution is 7.98. The molecule has 0 aliphatic carbocycles. The maximum atomic E-state index is 12.4. The van der Waals surface area contributed by atoms with Gasteiger partial charge in [0.25, 0.3) is 5.56 Å². The van der Waals surface area contributed by atoms with E-state index in [0.717, 1.165) is 21.6 Å². The highest BCUT2D eigenvalue weighted by atomic mass is 32.2. The van der Waals surface area contributed by atoms with Crippen molar-refractivity contribution in [3.05, 3.63) is 75.2 Å². The molecule has 0 radical (unpaired) electrons. The first-order valence-corrected chi connectivity index (χ1v) is 9.43. The molecule has 7 nitrogen and oxygen atoms in total. The van der Waals surface area contributed by atoms with E-state index >= 15 is 0 Å². The Kier molecular flexibility index (Phi) is 4.27. The second kappa shape index (κ2) is 6.62. The van der Waals surface area contributed by atoms with Crippen molar-refractivity contribution < 1.29 is 0 Å². The first-order valence-electron chi connectivity index (χ1n) is 8.45. The minimum absolute atomic E-state index is 0.328. The van der Waals surface area contributed by atoms with E-state index in [2.05, 4.69) is 33.8 Å². The third kappa shape index (κ3) is 2.91. The van der Waals surface area contributed by atoms with Gasteiger partial charge in [0.15, 0.2) is 16.3 Å². The van der Waals surface area contributed by atoms with Gasteiger partial charge in [0, 0.05) is 45.0 Å². The van der Waals surface area contributed by atoms with Crippen molar-refractivity contribution in [1.82, 2.24) is 23.3 Å². The first-order chi connectivity index (χ1) is 13.0. The highest BCUT2D eigenvalue weighted by Gasteiger charge is 2.17. The summed E-state index contributed by atoms with van der Waals surface area (Å²) in [5.74, 6) is 0.720. The van der Waals surface area contributed by atoms with Gasteiger partial charge in [-0.2, -0.15) is 0 Å². The van der Waals surface area contributed by atoms with E-state index in [9.17, 15) is 9.59 Å². The number of nitrogens with zero attached hydrogens (tertiary/aromatic N) is 5. The zero-order chi connectivity index (χ0) is 19.1. The Morgan fingerprint density at radius 3 is 2.26 bits per heavy atom. The van der Waals surface area contributed by atoms with Crippen molar-refractivity contribution in [2.75, 3.05) is 0 Å². The molecule has 0 amide bonds. The van der Waals surface area contributed by atoms with Gasteiger partial charge in [-0.05, 0) is 29.8 Å². The Morgan fingerprint density at radius 2 is 1.59 bits per heavy atom. The van der Waals surface area contributed by atoms with Crippen LogP contribution in [0.3, 0.4) is 0 Å². The van der Waals surface area contributed by atoms with Gasteiger partial charge >= 0.3 is 5.69 Å². The topological polar surface area (TPSA) is 66.8 Å². The average molecular weight is 381 g/mol. The van der Waals surface area contributed by atoms with Gasteiger partial charge in [0.1, 0.15) is 0 Å². The number of hydrogen-bond donors (Lipinski definition) is 0. The van der Waals surface area contributed by atoms with Gasteiger partial charge in [-0.25, -0.2) is 9.78 Å². The quantitative estimate of drug-likeness (QED) is 0.508. The molecule has 0 atom stereocenters. The normalized spacial score (nSPS) is 11.4. The molecule has 3 heterocycles. The molecule has 8 heteroatoms. The van der Waals surface area contributed by atoms with Crippen LogP contribution >= 0.6 is 11.8 Å². The summed E-state index contributed by atoms with van der Waals surface area (Å²) >= 11 is 1.54. The minimum atomic E-state index is -0.372. The van der Waals surface area contributed by atoms with Crippen LogP contribution in [0.4, 0.5) is 0 Å². The number of aryl methyl sites for hydroxylation is 2. The second-order valence-electron chi connectivity index (χ2n) is 6.38. The maximum Gasteiger partial charge on any atom is 0.332 e. The van der Waals surface area contributed by atoms with E-state index in [1.807, 2.05) is 24.5 Å². The second-order valence-corrected chi connectivity index (χ2v) is 7.32. The smallest absolute Gasteiger partial charge is 0.324 e. The summed E-state index contributed by atoms with van der Waals surface area (Å²) in [4.78, 5) is 29.1. The zero-order valence-electron chi connectivity index (χ0n) is 15.3. The van der Waals surface area contributed by atoms with Crippen molar-refractivity contribution >= 4 is 22.9 Å². The van der Waals surface area contributed by atoms with Gasteiger partial charge in [0.2, 0.25) is 0 Å². The largest absolute Gasteiger partial charge is 0.332 e. The monoisotopic (exact) mass is 381 g/mol. The number of thioether (sulfide) groups is 1. The van der Waals surface area contributed by atoms with Crippen LogP contribution in [-0.4, -0.2) is 23.3 Å². The molecule has 4 rings (SSSR count). The lowest BCUT2D eigenvalue weighted by Crippen LogP contribution is -2.37. The standard InChI is InChI=1S/C19H19N5O2S/c1-21-15-16(22(2)19(26)23(3)17(15)25)20-18(21)27-12-13-6-8-14(9-7-13)24-10-4-5-11-24/h4-11H,12H2,1-3H3. The van der Waals surface area contributed by atoms with E-state index < -0.39 is 0 Å². The predicted molar refractivity (Wildman–Crippen MR) is 107 cm³/mol. The van der Waals surface area contributed by atoms with Crippen LogP contribution in [0.25, 0.3) is 16.9 Å². The van der Waals surface area contributed by atoms with Crippen molar-refractivity contribution in [2.24, 2.45) is 21.1 Å². The summed E-state index contributed by atoms with van der Waals surface area (Å²) in [7, 11) is 4.92. The molecule has 3 aromatic heterocycles. The first kappa shape index (κ1) is 17.4. The molecule has 1 aromatic carbocycles. The molecule has 0 spiro atoms. The summed E-state index contributed by atoms with van der Waals surface area (Å²) in [6, 6.07) is 12.3. The molecule has 0 fully saturated rings. The third-order valence-electron chi connectivity index (χ3n) is 4.64. The molecule has 4 aromatic rings. The van der Waals surface area contributed by atoms with E-state index in [1.54, 1.807) is 18.7 Å². The molecule has 0 aliphatic heterocycles. The number of rotatable bonds is 4. The molecule has 0 bridgehead atoms. The number of hydrogen-bond acceptors (Lipinski definition) is 4. The summed E-state index contributed by atoms with van der Waals surface area (Å²) < 4.78 is 6.33. The number of fused-ring (bicyclic) bond motifs is 1. The van der Waals surface area contributed by atoms with Crippen molar-refractivity contribution in [3.8, 4) is 5.69 Å². The maximum absolute atomic E-state index is 12.4. The van der Waals surface area contributed by atoms with Gasteiger partial charge in [-0.15, -0.1) is 0 Å². The van der Waals surface area contributed by atoms with Crippen LogP contribution < -0.4 is 11.2 Å². The third-order valence-corrected chi connectivity index (χ3v) is 5.74. The van der Waals surface area contributed by atoms with Crippen LogP contribution in [0, 0.1) is 0 Å². The lowest BCUT2D eigenvalue weighted by atomic mass is 10.2. The molecule has 0 unspecified atom stereocenters. The predicted octanol–water partition coefficient (Wildman–Crippen LogP) is 2.05. The Bertz CT molecular complexity index is 1230. The van der Waals surface area contributed by atoms with Gasteiger partial charge in [-0.3, -0.25) is 13.9 Å². The fraction of sp³-hybridized carbons (Fsp3) is 0.211. The Balaban J connectivity index is 1.62. The minimum Gasteiger partial charge on any atom is -0.324 e. The molecule has 0 N–H and O–H groups in total. The van der Waals surface area contributed by atoms with Crippen LogP contribution in [0.2, 0.25) is 0 Å². The van der Waals surface area contributed by atoms with Crippen molar-refractivity contribution in [3.63, 3.8) is 0 Å². The van der Waals surface area contributed by atoms with Crippen LogP contribution in [0.5, 0.6) is 0 Å². The van der Waals surface area contributed by atoms with E-state index in [1.165, 1.54) is 23.4 Å². The van der Waals surface area contributed by atoms with Crippen LogP contribution in [-0.2, 0) is 26.9 Å². The van der Waals surface area contributed by atoms with Crippen molar-refractivity contribution in [1.29, 1.82) is 0 Å². The van der Waals surface area contributed by atoms with Crippen molar-refractivity contribution in [2.45, 2.75) is 10.9 Å². The van der Waals surface area contributed by atoms with Crippen LogP contribution in [0.15, 0.2) is 63.5 Å². The summed E-state index contributed by atoms with van der Waals surface area (Å²) in [5.41, 5.74) is 2.41. The fourth-order valence-electron chi connectivity index (χ4n) is 3.05. The van der Waals surface area contributed by atoms with E-state index in [4.69, 9.17) is 0 Å². The Hall–Kier alpha value is -3.00. The molecule has 138 valence electrons. The van der Waals surface area contributed by atoms with Gasteiger partial charge in [-0.1, -0.05) is 23.9 Å². The Morgan fingerprint density at radius 1 is 0.926 bits per heavy atom. The van der Waals surface area contributed by atoms with E-state index in [-0.39, 0.29) is 11.2 Å². The highest BCUT2D eigenvalue weighted by Crippen LogP contribution is 2.24. The number of aromatic nitrogens is 5. The lowest BCUT2D eigenvalue weighted by molar-refractivity contribution is 0.705. The molecular weight excluding hydrogens is 362 g/mol. The Labute approximate surface area is 159 Å². The summed E-state index contributed by atoms with van der Waals surface area (Å²) in [6.07, 6.45) is 4.02. The average Bonchev–Trinajstić information content (AvgIpc) is 3.32. The van der Waals surface area contributed by atoms with Crippen LogP contribution in [0.1, 0.15) is 5.56 Å². The molecular formula is C19H19N5O2S. The summed E-state index contributed by atoms with van der Waals surface area (Å²) in [5, 5.41) is 0.706. The van der Waals surface area contributed by atoms with Gasteiger partial charge < -0.3 is 9.13 Å². The molecule has 0 aliphatic rings. The molecule has 0 saturated heterocycles. The molecule has 0 saturated carbocycles. The lowest BCUT2D eigenvalue weighted by Gasteiger charge is -2.06. The number of imidazole rings is 1. The van der Waals surface area contributed by atoms with Gasteiger partial charge in [0.05, 0.1) is 0 Å². The molecule has 27 heavy (non-hydrogen) atoms. The zero-order valence-corrected chi connectivity index (χ0v) is 16.1.